The van der Waals surface area contributed by atoms with E-state index >= 15 is 0 Å². The maximum Gasteiger partial charge on any atom is 0.251 e. The second-order valence-electron chi connectivity index (χ2n) is 5.22. The van der Waals surface area contributed by atoms with Crippen molar-refractivity contribution in [2.75, 3.05) is 13.7 Å². The van der Waals surface area contributed by atoms with Crippen molar-refractivity contribution in [1.82, 2.24) is 20.0 Å². The molecule has 0 aliphatic carbocycles. The molecule has 3 N–H and O–H groups in total. The Morgan fingerprint density at radius 3 is 2.62 bits per heavy atom. The van der Waals surface area contributed by atoms with Crippen LogP contribution in [0, 0.1) is 0 Å². The summed E-state index contributed by atoms with van der Waals surface area (Å²) in [5.74, 6) is 0.329. The molecule has 0 aliphatic heterocycles. The summed E-state index contributed by atoms with van der Waals surface area (Å²) in [6.45, 7) is 2.24. The molecule has 1 aromatic heterocycles. The molecule has 1 aromatic carbocycles. The summed E-state index contributed by atoms with van der Waals surface area (Å²) in [5.41, 5.74) is 0.366. The fourth-order valence-electron chi connectivity index (χ4n) is 2.06. The van der Waals surface area contributed by atoms with E-state index in [9.17, 15) is 13.2 Å². The zero-order valence-electron chi connectivity index (χ0n) is 13.4. The first kappa shape index (κ1) is 18.1. The summed E-state index contributed by atoms with van der Waals surface area (Å²) in [5, 5.41) is 2.69. The van der Waals surface area contributed by atoms with Crippen LogP contribution in [0.4, 0.5) is 0 Å². The number of amides is 1. The number of hydrogen-bond donors (Lipinski definition) is 3. The SMILES string of the molecule is COC[C@@H](C)NS(=O)(=O)c1ccc(C(=O)NCc2ncc[nH]2)cc1. The van der Waals surface area contributed by atoms with Gasteiger partial charge in [0.05, 0.1) is 18.0 Å². The lowest BCUT2D eigenvalue weighted by Crippen LogP contribution is -2.35. The van der Waals surface area contributed by atoms with Crippen LogP contribution >= 0.6 is 0 Å². The van der Waals surface area contributed by atoms with Crippen LogP contribution in [0.25, 0.3) is 0 Å². The number of nitrogens with zero attached hydrogens (tertiary/aromatic N) is 1. The highest BCUT2D eigenvalue weighted by molar-refractivity contribution is 7.89. The predicted molar refractivity (Wildman–Crippen MR) is 87.9 cm³/mol. The number of aromatic nitrogens is 2. The molecule has 130 valence electrons. The molecule has 0 radical (unpaired) electrons. The summed E-state index contributed by atoms with van der Waals surface area (Å²) in [6.07, 6.45) is 3.26. The Bertz CT molecular complexity index is 757. The van der Waals surface area contributed by atoms with E-state index in [4.69, 9.17) is 4.74 Å². The van der Waals surface area contributed by atoms with Crippen LogP contribution in [0.15, 0.2) is 41.6 Å². The maximum absolute atomic E-state index is 12.2. The Morgan fingerprint density at radius 2 is 2.04 bits per heavy atom. The number of carbonyl (C=O) groups excluding carboxylic acids is 1. The van der Waals surface area contributed by atoms with Gasteiger partial charge in [-0.2, -0.15) is 0 Å². The predicted octanol–water partition coefficient (Wildman–Crippen LogP) is 0.653. The summed E-state index contributed by atoms with van der Waals surface area (Å²) in [7, 11) is -2.15. The highest BCUT2D eigenvalue weighted by Crippen LogP contribution is 2.11. The van der Waals surface area contributed by atoms with Crippen molar-refractivity contribution in [1.29, 1.82) is 0 Å². The number of imidazole rings is 1. The zero-order valence-corrected chi connectivity index (χ0v) is 14.3. The molecule has 8 nitrogen and oxygen atoms in total. The first-order valence-electron chi connectivity index (χ1n) is 7.30. The molecule has 0 saturated heterocycles. The number of hydrogen-bond acceptors (Lipinski definition) is 5. The Morgan fingerprint density at radius 1 is 1.33 bits per heavy atom. The highest BCUT2D eigenvalue weighted by Gasteiger charge is 2.17. The van der Waals surface area contributed by atoms with Crippen molar-refractivity contribution in [2.24, 2.45) is 0 Å². The van der Waals surface area contributed by atoms with Gasteiger partial charge in [-0.25, -0.2) is 18.1 Å². The van der Waals surface area contributed by atoms with Crippen LogP contribution in [0.1, 0.15) is 23.1 Å². The van der Waals surface area contributed by atoms with Gasteiger partial charge in [0.1, 0.15) is 5.82 Å². The van der Waals surface area contributed by atoms with Gasteiger partial charge < -0.3 is 15.0 Å². The number of nitrogens with one attached hydrogen (secondary N) is 3. The fraction of sp³-hybridized carbons (Fsp3) is 0.333. The van der Waals surface area contributed by atoms with Gasteiger partial charge in [-0.15, -0.1) is 0 Å². The lowest BCUT2D eigenvalue weighted by Gasteiger charge is -2.13. The third-order valence-electron chi connectivity index (χ3n) is 3.17. The zero-order chi connectivity index (χ0) is 17.6. The van der Waals surface area contributed by atoms with Crippen LogP contribution in [0.3, 0.4) is 0 Å². The monoisotopic (exact) mass is 352 g/mol. The van der Waals surface area contributed by atoms with E-state index in [1.54, 1.807) is 19.3 Å². The van der Waals surface area contributed by atoms with Gasteiger partial charge in [-0.1, -0.05) is 0 Å². The van der Waals surface area contributed by atoms with Gasteiger partial charge in [-0.3, -0.25) is 4.79 Å². The molecule has 0 fully saturated rings. The third kappa shape index (κ3) is 4.88. The van der Waals surface area contributed by atoms with Gasteiger partial charge in [0.2, 0.25) is 10.0 Å². The minimum absolute atomic E-state index is 0.0908. The van der Waals surface area contributed by atoms with Gasteiger partial charge in [0, 0.05) is 31.1 Å². The molecule has 0 saturated carbocycles. The molecule has 0 unspecified atom stereocenters. The van der Waals surface area contributed by atoms with Crippen LogP contribution in [0.2, 0.25) is 0 Å². The van der Waals surface area contributed by atoms with E-state index in [-0.39, 0.29) is 30.0 Å². The first-order chi connectivity index (χ1) is 11.4. The molecular formula is C15H20N4O4S. The lowest BCUT2D eigenvalue weighted by molar-refractivity contribution is 0.0950. The Balaban J connectivity index is 2.00. The van der Waals surface area contributed by atoms with E-state index < -0.39 is 10.0 Å². The summed E-state index contributed by atoms with van der Waals surface area (Å²) in [6, 6.07) is 5.36. The molecule has 0 bridgehead atoms. The second-order valence-corrected chi connectivity index (χ2v) is 6.93. The number of sulfonamides is 1. The minimum Gasteiger partial charge on any atom is -0.383 e. The molecule has 24 heavy (non-hydrogen) atoms. The van der Waals surface area contributed by atoms with Gasteiger partial charge in [0.15, 0.2) is 0 Å². The maximum atomic E-state index is 12.2. The minimum atomic E-state index is -3.65. The number of benzene rings is 1. The standard InChI is InChI=1S/C15H20N4O4S/c1-11(10-23-2)19-24(21,22)13-5-3-12(4-6-13)15(20)18-9-14-16-7-8-17-14/h3-8,11,19H,9-10H2,1-2H3,(H,16,17)(H,18,20)/t11-/m1/s1. The molecule has 1 amide bonds. The lowest BCUT2D eigenvalue weighted by atomic mass is 10.2. The molecule has 2 aromatic rings. The fourth-order valence-corrected chi connectivity index (χ4v) is 3.29. The van der Waals surface area contributed by atoms with Crippen LogP contribution in [-0.4, -0.2) is 44.1 Å². The number of ether oxygens (including phenoxy) is 1. The molecule has 9 heteroatoms. The quantitative estimate of drug-likeness (QED) is 0.646. The van der Waals surface area contributed by atoms with E-state index in [1.165, 1.54) is 31.4 Å². The molecular weight excluding hydrogens is 332 g/mol. The van der Waals surface area contributed by atoms with Crippen LogP contribution < -0.4 is 10.0 Å². The van der Waals surface area contributed by atoms with E-state index in [0.717, 1.165) is 0 Å². The number of aromatic amines is 1. The average Bonchev–Trinajstić information content (AvgIpc) is 3.06. The Labute approximate surface area is 140 Å². The topological polar surface area (TPSA) is 113 Å². The smallest absolute Gasteiger partial charge is 0.251 e. The molecule has 1 heterocycles. The summed E-state index contributed by atoms with van der Waals surface area (Å²) in [4.78, 5) is 19.0. The number of rotatable bonds is 8. The second kappa shape index (κ2) is 8.04. The van der Waals surface area contributed by atoms with Crippen molar-refractivity contribution in [2.45, 2.75) is 24.4 Å². The van der Waals surface area contributed by atoms with Gasteiger partial charge in [-0.05, 0) is 31.2 Å². The highest BCUT2D eigenvalue weighted by atomic mass is 32.2. The molecule has 1 atom stereocenters. The number of H-pyrrole nitrogens is 1. The van der Waals surface area contributed by atoms with Crippen molar-refractivity contribution in [3.63, 3.8) is 0 Å². The van der Waals surface area contributed by atoms with E-state index in [1.807, 2.05) is 0 Å². The van der Waals surface area contributed by atoms with Gasteiger partial charge >= 0.3 is 0 Å². The van der Waals surface area contributed by atoms with E-state index in [0.29, 0.717) is 11.4 Å². The largest absolute Gasteiger partial charge is 0.383 e. The summed E-state index contributed by atoms with van der Waals surface area (Å²) >= 11 is 0. The Kier molecular flexibility index (Phi) is 6.07. The average molecular weight is 352 g/mol. The molecule has 0 spiro atoms. The van der Waals surface area contributed by atoms with E-state index in [2.05, 4.69) is 20.0 Å². The van der Waals surface area contributed by atoms with Crippen molar-refractivity contribution >= 4 is 15.9 Å². The van der Waals surface area contributed by atoms with Crippen LogP contribution in [-0.2, 0) is 21.3 Å². The van der Waals surface area contributed by atoms with Crippen molar-refractivity contribution in [3.8, 4) is 0 Å². The molecule has 2 rings (SSSR count). The van der Waals surface area contributed by atoms with Crippen molar-refractivity contribution < 1.29 is 17.9 Å². The van der Waals surface area contributed by atoms with Gasteiger partial charge in [0.25, 0.3) is 5.91 Å². The normalized spacial score (nSPS) is 12.8. The van der Waals surface area contributed by atoms with Crippen LogP contribution in [0.5, 0.6) is 0 Å². The van der Waals surface area contributed by atoms with Crippen molar-refractivity contribution in [3.05, 3.63) is 48.0 Å². The number of carbonyl (C=O) groups is 1. The number of methoxy groups -OCH3 is 1. The third-order valence-corrected chi connectivity index (χ3v) is 4.78. The Hall–Kier alpha value is -2.23. The first-order valence-corrected chi connectivity index (χ1v) is 8.78. The summed E-state index contributed by atoms with van der Waals surface area (Å²) < 4.78 is 31.8. The molecule has 0 aliphatic rings.